The van der Waals surface area contributed by atoms with Crippen molar-refractivity contribution in [2.75, 3.05) is 32.8 Å². The maximum Gasteiger partial charge on any atom is 0.0593 e. The van der Waals surface area contributed by atoms with E-state index in [-0.39, 0.29) is 0 Å². The second kappa shape index (κ2) is 8.93. The van der Waals surface area contributed by atoms with Crippen LogP contribution < -0.4 is 0 Å². The van der Waals surface area contributed by atoms with Crippen LogP contribution in [-0.4, -0.2) is 53.3 Å². The fourth-order valence-electron chi connectivity index (χ4n) is 5.43. The third-order valence-corrected chi connectivity index (χ3v) is 6.94. The molecular weight excluding hydrogens is 370 g/mol. The Kier molecular flexibility index (Phi) is 5.89. The highest BCUT2D eigenvalue weighted by atomic mass is 16.5. The predicted molar refractivity (Wildman–Crippen MR) is 122 cm³/mol. The molecule has 0 N–H and O–H groups in total. The summed E-state index contributed by atoms with van der Waals surface area (Å²) >= 11 is 0. The number of hydrogen-bond acceptors (Lipinski definition) is 3. The molecule has 0 amide bonds. The summed E-state index contributed by atoms with van der Waals surface area (Å²) in [5, 5.41) is 1.41. The fraction of sp³-hybridized carbons (Fsp3) is 0.462. The van der Waals surface area contributed by atoms with E-state index >= 15 is 0 Å². The van der Waals surface area contributed by atoms with E-state index < -0.39 is 0 Å². The highest BCUT2D eigenvalue weighted by Crippen LogP contribution is 2.29. The first-order valence-electron chi connectivity index (χ1n) is 11.5. The van der Waals surface area contributed by atoms with Crippen molar-refractivity contribution >= 4 is 10.9 Å². The number of piperidine rings is 1. The summed E-state index contributed by atoms with van der Waals surface area (Å²) in [7, 11) is 0. The first-order valence-corrected chi connectivity index (χ1v) is 11.5. The summed E-state index contributed by atoms with van der Waals surface area (Å²) in [6.07, 6.45) is 3.59. The minimum absolute atomic E-state index is 0.587. The molecule has 2 aliphatic rings. The number of ether oxygens (including phenoxy) is 1. The maximum atomic E-state index is 6.05. The Balaban J connectivity index is 1.30. The summed E-state index contributed by atoms with van der Waals surface area (Å²) in [5.74, 6) is 0.587. The predicted octanol–water partition coefficient (Wildman–Crippen LogP) is 4.38. The van der Waals surface area contributed by atoms with Crippen LogP contribution in [0.5, 0.6) is 0 Å². The van der Waals surface area contributed by atoms with E-state index in [1.807, 2.05) is 0 Å². The van der Waals surface area contributed by atoms with Crippen LogP contribution in [0.25, 0.3) is 10.9 Å². The lowest BCUT2D eigenvalue weighted by Crippen LogP contribution is -2.50. The minimum atomic E-state index is 0.587. The standard InChI is InChI=1S/C26H33N3O/c1-2-28-19-22(24-10-6-7-11-26(24)28)17-27-13-12-25-23(18-27)20-30-15-14-29(25)16-21-8-4-3-5-9-21/h3-11,19,23,25H,2,12-18,20H2,1H3/t23-,25-/m1/s1. The van der Waals surface area contributed by atoms with E-state index in [1.54, 1.807) is 0 Å². The van der Waals surface area contributed by atoms with Gasteiger partial charge in [0.25, 0.3) is 0 Å². The smallest absolute Gasteiger partial charge is 0.0593 e. The van der Waals surface area contributed by atoms with Crippen molar-refractivity contribution in [1.29, 1.82) is 0 Å². The van der Waals surface area contributed by atoms with Crippen LogP contribution in [0.4, 0.5) is 0 Å². The number of fused-ring (bicyclic) bond motifs is 2. The SMILES string of the molecule is CCn1cc(CN2CC[C@@H]3[C@@H](COCCN3Cc3ccccc3)C2)c2ccccc21. The number of rotatable bonds is 5. The third kappa shape index (κ3) is 4.04. The molecule has 30 heavy (non-hydrogen) atoms. The van der Waals surface area contributed by atoms with Crippen LogP contribution in [0.15, 0.2) is 60.8 Å². The topological polar surface area (TPSA) is 20.6 Å². The first-order chi connectivity index (χ1) is 14.8. The summed E-state index contributed by atoms with van der Waals surface area (Å²) < 4.78 is 8.43. The lowest BCUT2D eigenvalue weighted by molar-refractivity contribution is 0.0441. The van der Waals surface area contributed by atoms with Gasteiger partial charge < -0.3 is 9.30 Å². The summed E-state index contributed by atoms with van der Waals surface area (Å²) in [6.45, 7) is 10.4. The average Bonchev–Trinajstić information content (AvgIpc) is 3.02. The van der Waals surface area contributed by atoms with Crippen molar-refractivity contribution in [2.45, 2.75) is 39.0 Å². The number of hydrogen-bond donors (Lipinski definition) is 0. The first kappa shape index (κ1) is 19.8. The molecule has 2 aliphatic heterocycles. The lowest BCUT2D eigenvalue weighted by Gasteiger charge is -2.42. The van der Waals surface area contributed by atoms with Crippen LogP contribution in [0.2, 0.25) is 0 Å². The van der Waals surface area contributed by atoms with E-state index in [4.69, 9.17) is 4.74 Å². The molecule has 2 atom stereocenters. The van der Waals surface area contributed by atoms with Gasteiger partial charge in [-0.05, 0) is 30.5 Å². The molecule has 0 bridgehead atoms. The van der Waals surface area contributed by atoms with Crippen molar-refractivity contribution < 1.29 is 4.74 Å². The molecule has 0 radical (unpaired) electrons. The Morgan fingerprint density at radius 2 is 1.80 bits per heavy atom. The van der Waals surface area contributed by atoms with Gasteiger partial charge in [0.15, 0.2) is 0 Å². The highest BCUT2D eigenvalue weighted by molar-refractivity contribution is 5.83. The van der Waals surface area contributed by atoms with Crippen molar-refractivity contribution in [3.8, 4) is 0 Å². The number of benzene rings is 2. The zero-order valence-electron chi connectivity index (χ0n) is 18.0. The highest BCUT2D eigenvalue weighted by Gasteiger charge is 2.35. The van der Waals surface area contributed by atoms with Crippen LogP contribution in [0, 0.1) is 5.92 Å². The molecule has 4 nitrogen and oxygen atoms in total. The number of aryl methyl sites for hydroxylation is 1. The Hall–Kier alpha value is -2.14. The number of aromatic nitrogens is 1. The van der Waals surface area contributed by atoms with Crippen molar-refractivity contribution in [2.24, 2.45) is 5.92 Å². The Morgan fingerprint density at radius 1 is 0.967 bits per heavy atom. The van der Waals surface area contributed by atoms with Gasteiger partial charge in [0.05, 0.1) is 13.2 Å². The molecule has 0 saturated carbocycles. The lowest BCUT2D eigenvalue weighted by atomic mass is 9.91. The molecule has 0 unspecified atom stereocenters. The van der Waals surface area contributed by atoms with Gasteiger partial charge >= 0.3 is 0 Å². The molecule has 5 rings (SSSR count). The third-order valence-electron chi connectivity index (χ3n) is 6.94. The van der Waals surface area contributed by atoms with E-state index in [1.165, 1.54) is 28.5 Å². The second-order valence-electron chi connectivity index (χ2n) is 8.84. The van der Waals surface area contributed by atoms with Gasteiger partial charge in [-0.25, -0.2) is 0 Å². The Labute approximate surface area is 180 Å². The normalized spacial score (nSPS) is 23.4. The van der Waals surface area contributed by atoms with Gasteiger partial charge in [-0.15, -0.1) is 0 Å². The number of nitrogens with zero attached hydrogens (tertiary/aromatic N) is 3. The molecule has 3 heterocycles. The zero-order chi connectivity index (χ0) is 20.3. The van der Waals surface area contributed by atoms with Crippen LogP contribution in [0.1, 0.15) is 24.5 Å². The fourth-order valence-corrected chi connectivity index (χ4v) is 5.43. The van der Waals surface area contributed by atoms with E-state index in [2.05, 4.69) is 82.1 Å². The molecule has 2 saturated heterocycles. The summed E-state index contributed by atoms with van der Waals surface area (Å²) in [4.78, 5) is 5.33. The molecule has 2 aromatic carbocycles. The summed E-state index contributed by atoms with van der Waals surface area (Å²) in [6, 6.07) is 20.4. The van der Waals surface area contributed by atoms with Gasteiger partial charge in [0.1, 0.15) is 0 Å². The quantitative estimate of drug-likeness (QED) is 0.631. The Morgan fingerprint density at radius 3 is 2.67 bits per heavy atom. The van der Waals surface area contributed by atoms with Gasteiger partial charge in [-0.2, -0.15) is 0 Å². The number of para-hydroxylation sites is 1. The van der Waals surface area contributed by atoms with Gasteiger partial charge in [0, 0.05) is 68.3 Å². The average molecular weight is 404 g/mol. The zero-order valence-corrected chi connectivity index (χ0v) is 18.0. The van der Waals surface area contributed by atoms with Gasteiger partial charge in [0.2, 0.25) is 0 Å². The van der Waals surface area contributed by atoms with Crippen molar-refractivity contribution in [1.82, 2.24) is 14.4 Å². The van der Waals surface area contributed by atoms with Crippen LogP contribution in [0.3, 0.4) is 0 Å². The van der Waals surface area contributed by atoms with Crippen molar-refractivity contribution in [3.63, 3.8) is 0 Å². The van der Waals surface area contributed by atoms with E-state index in [9.17, 15) is 0 Å². The Bertz CT molecular complexity index is 967. The van der Waals surface area contributed by atoms with Crippen molar-refractivity contribution in [3.05, 3.63) is 71.9 Å². The molecule has 0 aliphatic carbocycles. The molecule has 1 aromatic heterocycles. The van der Waals surface area contributed by atoms with E-state index in [0.717, 1.165) is 52.5 Å². The van der Waals surface area contributed by atoms with E-state index in [0.29, 0.717) is 12.0 Å². The second-order valence-corrected chi connectivity index (χ2v) is 8.84. The number of likely N-dealkylation sites (tertiary alicyclic amines) is 1. The molecule has 3 aromatic rings. The van der Waals surface area contributed by atoms with Crippen LogP contribution in [-0.2, 0) is 24.4 Å². The van der Waals surface area contributed by atoms with Gasteiger partial charge in [-0.1, -0.05) is 48.5 Å². The molecule has 2 fully saturated rings. The molecule has 0 spiro atoms. The summed E-state index contributed by atoms with van der Waals surface area (Å²) in [5.41, 5.74) is 4.23. The van der Waals surface area contributed by atoms with Gasteiger partial charge in [-0.3, -0.25) is 9.80 Å². The molecular formula is C26H33N3O. The molecule has 4 heteroatoms. The maximum absolute atomic E-state index is 6.05. The minimum Gasteiger partial charge on any atom is -0.380 e. The monoisotopic (exact) mass is 403 g/mol. The largest absolute Gasteiger partial charge is 0.380 e. The van der Waals surface area contributed by atoms with Crippen LogP contribution >= 0.6 is 0 Å². The molecule has 158 valence electrons.